The second kappa shape index (κ2) is 14.9. The van der Waals surface area contributed by atoms with Gasteiger partial charge in [0.15, 0.2) is 5.90 Å². The van der Waals surface area contributed by atoms with Gasteiger partial charge in [-0.25, -0.2) is 0 Å². The monoisotopic (exact) mass is 487 g/mol. The van der Waals surface area contributed by atoms with Gasteiger partial charge in [-0.2, -0.15) is 4.99 Å². The first-order valence-corrected chi connectivity index (χ1v) is 12.8. The molecule has 1 fully saturated rings. The molecule has 0 heterocycles. The van der Waals surface area contributed by atoms with Crippen LogP contribution in [0, 0.1) is 5.92 Å². The van der Waals surface area contributed by atoms with E-state index in [4.69, 9.17) is 21.3 Å². The van der Waals surface area contributed by atoms with Gasteiger partial charge in [0.25, 0.3) is 0 Å². The molecule has 1 aliphatic carbocycles. The summed E-state index contributed by atoms with van der Waals surface area (Å²) in [6.45, 7) is 11.9. The fourth-order valence-electron chi connectivity index (χ4n) is 4.20. The Morgan fingerprint density at radius 2 is 1.88 bits per heavy atom. The summed E-state index contributed by atoms with van der Waals surface area (Å²) in [6.07, 6.45) is 10.4. The normalized spacial score (nSPS) is 15.5. The van der Waals surface area contributed by atoms with Gasteiger partial charge in [-0.15, -0.1) is 0 Å². The fraction of sp³-hybridized carbons (Fsp3) is 0.536. The Hall–Kier alpha value is -2.24. The molecule has 6 heteroatoms. The third-order valence-electron chi connectivity index (χ3n) is 6.43. The maximum absolute atomic E-state index is 9.29. The van der Waals surface area contributed by atoms with Gasteiger partial charge in [0.1, 0.15) is 5.82 Å². The van der Waals surface area contributed by atoms with Crippen LogP contribution in [-0.2, 0) is 11.2 Å². The number of allylic oxidation sites excluding steroid dienone is 1. The summed E-state index contributed by atoms with van der Waals surface area (Å²) in [7, 11) is 3.95. The molecule has 0 aromatic heterocycles. The highest BCUT2D eigenvalue weighted by molar-refractivity contribution is 6.30. The van der Waals surface area contributed by atoms with Crippen LogP contribution in [0.5, 0.6) is 0 Å². The Balaban J connectivity index is 2.31. The molecule has 2 rings (SSSR count). The zero-order valence-electron chi connectivity index (χ0n) is 21.2. The van der Waals surface area contributed by atoms with Gasteiger partial charge in [-0.1, -0.05) is 56.2 Å². The minimum atomic E-state index is 0.146. The van der Waals surface area contributed by atoms with Gasteiger partial charge >= 0.3 is 0 Å². The summed E-state index contributed by atoms with van der Waals surface area (Å²) in [5.41, 5.74) is 3.11. The standard InChI is InChI=1S/C28H42ClN3O2/c1-6-31(4)28(30-23(3)34-21-25-11-8-7-9-12-25)27(22(2)32(5)19-10-20-33)18-15-24-13-16-26(29)17-14-24/h6,13-14,16-17,25,33H,1-2,7-12,15,18-21H2,3-5H3/b28-27-,30-23?. The lowest BCUT2D eigenvalue weighted by atomic mass is 9.90. The number of rotatable bonds is 13. The van der Waals surface area contributed by atoms with Crippen molar-refractivity contribution >= 4 is 17.5 Å². The molecular weight excluding hydrogens is 446 g/mol. The Labute approximate surface area is 211 Å². The van der Waals surface area contributed by atoms with Gasteiger partial charge in [0.2, 0.25) is 0 Å². The molecule has 5 nitrogen and oxygen atoms in total. The molecule has 0 aliphatic heterocycles. The molecule has 188 valence electrons. The Morgan fingerprint density at radius 3 is 2.50 bits per heavy atom. The Kier molecular flexibility index (Phi) is 12.3. The minimum Gasteiger partial charge on any atom is -0.481 e. The highest BCUT2D eigenvalue weighted by atomic mass is 35.5. The number of likely N-dealkylation sites (N-methyl/N-ethyl adjacent to an activating group) is 1. The molecule has 0 saturated heterocycles. The Morgan fingerprint density at radius 1 is 1.21 bits per heavy atom. The summed E-state index contributed by atoms with van der Waals surface area (Å²) < 4.78 is 6.10. The van der Waals surface area contributed by atoms with E-state index in [0.29, 0.717) is 24.8 Å². The topological polar surface area (TPSA) is 48.3 Å². The average Bonchev–Trinajstić information content (AvgIpc) is 2.86. The van der Waals surface area contributed by atoms with Crippen LogP contribution in [0.1, 0.15) is 57.4 Å². The molecule has 1 aliphatic rings. The van der Waals surface area contributed by atoms with E-state index in [1.165, 1.54) is 37.7 Å². The summed E-state index contributed by atoms with van der Waals surface area (Å²) >= 11 is 6.07. The van der Waals surface area contributed by atoms with E-state index in [1.807, 2.05) is 38.1 Å². The van der Waals surface area contributed by atoms with Crippen LogP contribution in [0.3, 0.4) is 0 Å². The maximum atomic E-state index is 9.29. The van der Waals surface area contributed by atoms with Gasteiger partial charge < -0.3 is 19.6 Å². The summed E-state index contributed by atoms with van der Waals surface area (Å²) in [5, 5.41) is 10.0. The molecule has 0 amide bonds. The number of aliphatic hydroxyl groups is 1. The van der Waals surface area contributed by atoms with E-state index in [9.17, 15) is 5.11 Å². The van der Waals surface area contributed by atoms with Crippen molar-refractivity contribution in [1.82, 2.24) is 9.80 Å². The van der Waals surface area contributed by atoms with Gasteiger partial charge in [0.05, 0.1) is 6.61 Å². The molecular formula is C28H42ClN3O2. The number of halogens is 1. The fourth-order valence-corrected chi connectivity index (χ4v) is 4.32. The smallest absolute Gasteiger partial charge is 0.186 e. The second-order valence-electron chi connectivity index (χ2n) is 9.11. The first-order valence-electron chi connectivity index (χ1n) is 12.4. The zero-order chi connectivity index (χ0) is 24.9. The van der Waals surface area contributed by atoms with E-state index in [-0.39, 0.29) is 6.61 Å². The number of aryl methyl sites for hydroxylation is 1. The van der Waals surface area contributed by atoms with Crippen molar-refractivity contribution in [2.45, 2.75) is 58.3 Å². The summed E-state index contributed by atoms with van der Waals surface area (Å²) in [4.78, 5) is 8.92. The molecule has 1 saturated carbocycles. The van der Waals surface area contributed by atoms with Crippen molar-refractivity contribution in [3.8, 4) is 0 Å². The lowest BCUT2D eigenvalue weighted by Crippen LogP contribution is -2.24. The van der Waals surface area contributed by atoms with Crippen LogP contribution in [0.25, 0.3) is 0 Å². The highest BCUT2D eigenvalue weighted by Crippen LogP contribution is 2.27. The largest absolute Gasteiger partial charge is 0.481 e. The van der Waals surface area contributed by atoms with Crippen molar-refractivity contribution in [2.75, 3.05) is 33.9 Å². The minimum absolute atomic E-state index is 0.146. The van der Waals surface area contributed by atoms with E-state index in [2.05, 4.69) is 30.2 Å². The number of hydrogen-bond acceptors (Lipinski definition) is 5. The van der Waals surface area contributed by atoms with Gasteiger partial charge in [-0.05, 0) is 61.9 Å². The third kappa shape index (κ3) is 9.19. The molecule has 1 aromatic rings. The summed E-state index contributed by atoms with van der Waals surface area (Å²) in [5.74, 6) is 2.06. The number of aliphatic imine (C=N–C) groups is 1. The van der Waals surface area contributed by atoms with Gasteiger partial charge in [-0.3, -0.25) is 0 Å². The lowest BCUT2D eigenvalue weighted by molar-refractivity contribution is 0.197. The van der Waals surface area contributed by atoms with Crippen molar-refractivity contribution < 1.29 is 9.84 Å². The van der Waals surface area contributed by atoms with Gasteiger partial charge in [0, 0.05) is 50.5 Å². The first-order chi connectivity index (χ1) is 16.3. The quantitative estimate of drug-likeness (QED) is 0.198. The highest BCUT2D eigenvalue weighted by Gasteiger charge is 2.18. The van der Waals surface area contributed by atoms with Crippen LogP contribution >= 0.6 is 11.6 Å². The van der Waals surface area contributed by atoms with E-state index in [1.54, 1.807) is 6.20 Å². The van der Waals surface area contributed by atoms with Crippen LogP contribution in [0.15, 0.2) is 65.7 Å². The molecule has 1 aromatic carbocycles. The second-order valence-corrected chi connectivity index (χ2v) is 9.55. The van der Waals surface area contributed by atoms with Crippen LogP contribution in [-0.4, -0.2) is 54.7 Å². The molecule has 0 bridgehead atoms. The number of ether oxygens (including phenoxy) is 1. The van der Waals surface area contributed by atoms with E-state index < -0.39 is 0 Å². The molecule has 34 heavy (non-hydrogen) atoms. The first kappa shape index (κ1) is 28.0. The van der Waals surface area contributed by atoms with Crippen molar-refractivity contribution in [2.24, 2.45) is 10.9 Å². The van der Waals surface area contributed by atoms with Crippen molar-refractivity contribution in [3.63, 3.8) is 0 Å². The van der Waals surface area contributed by atoms with Crippen LogP contribution in [0.4, 0.5) is 0 Å². The molecule has 0 spiro atoms. The molecule has 0 radical (unpaired) electrons. The molecule has 0 unspecified atom stereocenters. The SMILES string of the molecule is C=CN(C)/C(N=C(C)OCC1CCCCC1)=C(/CCc1ccc(Cl)cc1)C(=C)N(C)CCCO. The van der Waals surface area contributed by atoms with Crippen molar-refractivity contribution in [1.29, 1.82) is 0 Å². The molecule has 1 N–H and O–H groups in total. The Bertz CT molecular complexity index is 842. The number of nitrogens with zero attached hydrogens (tertiary/aromatic N) is 3. The molecule has 0 atom stereocenters. The maximum Gasteiger partial charge on any atom is 0.186 e. The van der Waals surface area contributed by atoms with E-state index in [0.717, 1.165) is 41.6 Å². The predicted octanol–water partition coefficient (Wildman–Crippen LogP) is 6.40. The number of hydrogen-bond donors (Lipinski definition) is 1. The van der Waals surface area contributed by atoms with Crippen LogP contribution in [0.2, 0.25) is 5.02 Å². The predicted molar refractivity (Wildman–Crippen MR) is 144 cm³/mol. The lowest BCUT2D eigenvalue weighted by Gasteiger charge is -2.27. The number of benzene rings is 1. The third-order valence-corrected chi connectivity index (χ3v) is 6.68. The van der Waals surface area contributed by atoms with Crippen LogP contribution < -0.4 is 0 Å². The van der Waals surface area contributed by atoms with E-state index >= 15 is 0 Å². The summed E-state index contributed by atoms with van der Waals surface area (Å²) in [6, 6.07) is 7.94. The zero-order valence-corrected chi connectivity index (χ0v) is 22.0. The van der Waals surface area contributed by atoms with Crippen molar-refractivity contribution in [3.05, 3.63) is 71.3 Å². The average molecular weight is 488 g/mol. The number of aliphatic hydroxyl groups excluding tert-OH is 1.